The number of nitrogens with zero attached hydrogens (tertiary/aromatic N) is 3. The van der Waals surface area contributed by atoms with E-state index in [-0.39, 0.29) is 18.6 Å². The van der Waals surface area contributed by atoms with E-state index in [0.717, 1.165) is 35.1 Å². The zero-order valence-corrected chi connectivity index (χ0v) is 19.7. The quantitative estimate of drug-likeness (QED) is 0.522. The third-order valence-corrected chi connectivity index (χ3v) is 7.16. The Balaban J connectivity index is 1.16. The molecule has 3 atom stereocenters. The van der Waals surface area contributed by atoms with E-state index < -0.39 is 11.9 Å². The molecule has 4 heterocycles. The number of hydrogen-bond donors (Lipinski definition) is 2. The summed E-state index contributed by atoms with van der Waals surface area (Å²) >= 11 is 1.78. The fourth-order valence-electron chi connectivity index (χ4n) is 4.30. The standard InChI is InChI=1S/C24H27FN4O4S/c1-31-23-12-28-18-4-3-17(25)16(24(18)29-23)9-19(30)20-5-2-14(13-33-20)26-10-15-8-22-21(11-27-15)32-6-7-34-22/h3-4,8,11-12,14,19-20,26,30H,2,5-7,9-10,13H2,1H3/t14-,19+,20+/m1/s1. The zero-order chi connectivity index (χ0) is 23.5. The molecule has 8 nitrogen and oxygen atoms in total. The number of aromatic nitrogens is 3. The van der Waals surface area contributed by atoms with Crippen LogP contribution in [0, 0.1) is 5.82 Å². The van der Waals surface area contributed by atoms with Gasteiger partial charge in [-0.05, 0) is 31.0 Å². The van der Waals surface area contributed by atoms with Crippen LogP contribution in [0.15, 0.2) is 35.5 Å². The van der Waals surface area contributed by atoms with Gasteiger partial charge in [0.15, 0.2) is 5.75 Å². The molecule has 0 saturated carbocycles. The van der Waals surface area contributed by atoms with Gasteiger partial charge in [-0.25, -0.2) is 14.4 Å². The van der Waals surface area contributed by atoms with E-state index in [1.807, 2.05) is 0 Å². The monoisotopic (exact) mass is 486 g/mol. The summed E-state index contributed by atoms with van der Waals surface area (Å²) in [6.07, 6.45) is 3.65. The van der Waals surface area contributed by atoms with Crippen LogP contribution in [0.5, 0.6) is 11.6 Å². The van der Waals surface area contributed by atoms with Crippen molar-refractivity contribution >= 4 is 22.8 Å². The molecule has 0 bridgehead atoms. The van der Waals surface area contributed by atoms with Crippen LogP contribution in [-0.2, 0) is 17.7 Å². The normalized spacial score (nSPS) is 21.0. The van der Waals surface area contributed by atoms with Crippen LogP contribution in [0.1, 0.15) is 24.1 Å². The maximum atomic E-state index is 14.6. The van der Waals surface area contributed by atoms with Gasteiger partial charge in [0, 0.05) is 30.3 Å². The predicted molar refractivity (Wildman–Crippen MR) is 126 cm³/mol. The first-order chi connectivity index (χ1) is 16.6. The minimum absolute atomic E-state index is 0.0898. The molecule has 3 aromatic rings. The minimum Gasteiger partial charge on any atom is -0.490 e. The molecule has 34 heavy (non-hydrogen) atoms. The third-order valence-electron chi connectivity index (χ3n) is 6.16. The van der Waals surface area contributed by atoms with E-state index in [0.29, 0.717) is 42.0 Å². The zero-order valence-electron chi connectivity index (χ0n) is 18.9. The summed E-state index contributed by atoms with van der Waals surface area (Å²) in [4.78, 5) is 14.2. The van der Waals surface area contributed by atoms with Crippen LogP contribution >= 0.6 is 11.8 Å². The number of aliphatic hydroxyl groups is 1. The molecule has 0 aliphatic carbocycles. The highest BCUT2D eigenvalue weighted by atomic mass is 32.2. The van der Waals surface area contributed by atoms with E-state index in [4.69, 9.17) is 14.2 Å². The number of ether oxygens (including phenoxy) is 3. The van der Waals surface area contributed by atoms with Gasteiger partial charge in [0.1, 0.15) is 5.82 Å². The highest BCUT2D eigenvalue weighted by molar-refractivity contribution is 7.99. The Hall–Kier alpha value is -2.53. The summed E-state index contributed by atoms with van der Waals surface area (Å²) in [5.41, 5.74) is 2.23. The summed E-state index contributed by atoms with van der Waals surface area (Å²) in [6, 6.07) is 5.16. The number of halogens is 1. The minimum atomic E-state index is -0.853. The SMILES string of the molecule is COc1cnc2ccc(F)c(C[C@H](O)[C@@H]3CC[C@@H](NCc4cc5c(cn4)OCCS5)CO3)c2n1. The molecule has 0 radical (unpaired) electrons. The first-order valence-electron chi connectivity index (χ1n) is 11.4. The topological polar surface area (TPSA) is 98.6 Å². The molecule has 0 spiro atoms. The van der Waals surface area contributed by atoms with Crippen LogP contribution in [-0.4, -0.2) is 64.4 Å². The molecule has 5 rings (SSSR count). The summed E-state index contributed by atoms with van der Waals surface area (Å²) in [5, 5.41) is 14.3. The molecule has 1 saturated heterocycles. The maximum absolute atomic E-state index is 14.6. The number of fused-ring (bicyclic) bond motifs is 2. The van der Waals surface area contributed by atoms with Crippen molar-refractivity contribution in [3.63, 3.8) is 0 Å². The van der Waals surface area contributed by atoms with Gasteiger partial charge >= 0.3 is 0 Å². The molecule has 1 aromatic carbocycles. The number of pyridine rings is 1. The maximum Gasteiger partial charge on any atom is 0.232 e. The lowest BCUT2D eigenvalue weighted by molar-refractivity contribution is -0.0719. The Morgan fingerprint density at radius 1 is 1.29 bits per heavy atom. The van der Waals surface area contributed by atoms with Crippen LogP contribution < -0.4 is 14.8 Å². The second-order valence-corrected chi connectivity index (χ2v) is 9.56. The summed E-state index contributed by atoms with van der Waals surface area (Å²) in [5.74, 6) is 1.68. The molecular formula is C24H27FN4O4S. The molecule has 1 fully saturated rings. The average molecular weight is 487 g/mol. The largest absolute Gasteiger partial charge is 0.490 e. The van der Waals surface area contributed by atoms with Gasteiger partial charge in [-0.15, -0.1) is 11.8 Å². The number of thioether (sulfide) groups is 1. The number of rotatable bonds is 7. The van der Waals surface area contributed by atoms with Gasteiger partial charge < -0.3 is 24.6 Å². The van der Waals surface area contributed by atoms with E-state index in [1.165, 1.54) is 19.4 Å². The number of hydrogen-bond acceptors (Lipinski definition) is 9. The van der Waals surface area contributed by atoms with Crippen molar-refractivity contribution in [1.82, 2.24) is 20.3 Å². The van der Waals surface area contributed by atoms with Crippen molar-refractivity contribution in [1.29, 1.82) is 0 Å². The molecule has 2 aliphatic rings. The highest BCUT2D eigenvalue weighted by Crippen LogP contribution is 2.32. The molecule has 0 amide bonds. The number of nitrogens with one attached hydrogen (secondary N) is 1. The number of benzene rings is 1. The second-order valence-electron chi connectivity index (χ2n) is 8.42. The molecular weight excluding hydrogens is 459 g/mol. The van der Waals surface area contributed by atoms with Crippen LogP contribution in [0.25, 0.3) is 11.0 Å². The van der Waals surface area contributed by atoms with Gasteiger partial charge in [0.2, 0.25) is 5.88 Å². The first kappa shape index (κ1) is 23.2. The van der Waals surface area contributed by atoms with Crippen molar-refractivity contribution in [2.45, 2.75) is 49.0 Å². The first-order valence-corrected chi connectivity index (χ1v) is 12.3. The van der Waals surface area contributed by atoms with Crippen molar-refractivity contribution in [2.24, 2.45) is 0 Å². The molecule has 10 heteroatoms. The van der Waals surface area contributed by atoms with Crippen LogP contribution in [0.2, 0.25) is 0 Å². The van der Waals surface area contributed by atoms with E-state index in [9.17, 15) is 9.50 Å². The van der Waals surface area contributed by atoms with Crippen molar-refractivity contribution in [2.75, 3.05) is 26.1 Å². The second kappa shape index (κ2) is 10.4. The highest BCUT2D eigenvalue weighted by Gasteiger charge is 2.29. The average Bonchev–Trinajstić information content (AvgIpc) is 2.89. The fraction of sp³-hybridized carbons (Fsp3) is 0.458. The van der Waals surface area contributed by atoms with Gasteiger partial charge in [-0.1, -0.05) is 0 Å². The van der Waals surface area contributed by atoms with Gasteiger partial charge in [0.05, 0.1) is 66.5 Å². The molecule has 2 N–H and O–H groups in total. The van der Waals surface area contributed by atoms with Crippen molar-refractivity contribution < 1.29 is 23.7 Å². The molecule has 2 aromatic heterocycles. The lowest BCUT2D eigenvalue weighted by Gasteiger charge is -2.32. The summed E-state index contributed by atoms with van der Waals surface area (Å²) in [7, 11) is 1.49. The third kappa shape index (κ3) is 5.10. The van der Waals surface area contributed by atoms with Crippen molar-refractivity contribution in [3.8, 4) is 11.6 Å². The van der Waals surface area contributed by atoms with Gasteiger partial charge in [0.25, 0.3) is 0 Å². The molecule has 2 aliphatic heterocycles. The molecule has 0 unspecified atom stereocenters. The van der Waals surface area contributed by atoms with Crippen molar-refractivity contribution in [3.05, 3.63) is 47.7 Å². The number of aliphatic hydroxyl groups excluding tert-OH is 1. The van der Waals surface area contributed by atoms with E-state index >= 15 is 0 Å². The summed E-state index contributed by atoms with van der Waals surface area (Å²) in [6.45, 7) is 1.82. The van der Waals surface area contributed by atoms with E-state index in [2.05, 4.69) is 26.3 Å². The Labute approximate surface area is 201 Å². The molecule has 180 valence electrons. The fourth-order valence-corrected chi connectivity index (χ4v) is 5.16. The Morgan fingerprint density at radius 3 is 3.03 bits per heavy atom. The van der Waals surface area contributed by atoms with Gasteiger partial charge in [-0.2, -0.15) is 0 Å². The van der Waals surface area contributed by atoms with Crippen LogP contribution in [0.4, 0.5) is 4.39 Å². The van der Waals surface area contributed by atoms with Crippen LogP contribution in [0.3, 0.4) is 0 Å². The lowest BCUT2D eigenvalue weighted by atomic mass is 9.95. The van der Waals surface area contributed by atoms with E-state index in [1.54, 1.807) is 24.0 Å². The number of methoxy groups -OCH3 is 1. The predicted octanol–water partition coefficient (Wildman–Crippen LogP) is 2.90. The summed E-state index contributed by atoms with van der Waals surface area (Å²) < 4.78 is 31.3. The Bertz CT molecular complexity index is 1160. The Kier molecular flexibility index (Phi) is 7.10. The smallest absolute Gasteiger partial charge is 0.232 e. The van der Waals surface area contributed by atoms with Gasteiger partial charge in [-0.3, -0.25) is 4.98 Å². The lowest BCUT2D eigenvalue weighted by Crippen LogP contribution is -2.44. The Morgan fingerprint density at radius 2 is 2.21 bits per heavy atom.